The third-order valence-electron chi connectivity index (χ3n) is 1.74. The highest BCUT2D eigenvalue weighted by atomic mass is 16.1. The van der Waals surface area contributed by atoms with Crippen LogP contribution in [0.5, 0.6) is 0 Å². The van der Waals surface area contributed by atoms with Gasteiger partial charge in [0.1, 0.15) is 0 Å². The molecule has 0 aromatic carbocycles. The first kappa shape index (κ1) is 9.71. The number of rotatable bonds is 3. The zero-order valence-corrected chi connectivity index (χ0v) is 7.95. The Morgan fingerprint density at radius 2 is 2.15 bits per heavy atom. The monoisotopic (exact) mass is 178 g/mol. The highest BCUT2D eigenvalue weighted by Crippen LogP contribution is 2.00. The van der Waals surface area contributed by atoms with E-state index in [1.54, 1.807) is 12.4 Å². The number of hydrogen-bond acceptors (Lipinski definition) is 2. The molecule has 13 heavy (non-hydrogen) atoms. The minimum absolute atomic E-state index is 0.0153. The Labute approximate surface area is 78.2 Å². The van der Waals surface area contributed by atoms with E-state index < -0.39 is 0 Å². The largest absolute Gasteiger partial charge is 0.354 e. The van der Waals surface area contributed by atoms with Crippen molar-refractivity contribution in [3.8, 4) is 0 Å². The van der Waals surface area contributed by atoms with Crippen molar-refractivity contribution in [2.24, 2.45) is 0 Å². The summed E-state index contributed by atoms with van der Waals surface area (Å²) in [5, 5.41) is 2.83. The van der Waals surface area contributed by atoms with E-state index >= 15 is 0 Å². The molecule has 0 bridgehead atoms. The lowest BCUT2D eigenvalue weighted by Gasteiger charge is -2.11. The van der Waals surface area contributed by atoms with Crippen molar-refractivity contribution < 1.29 is 4.79 Å². The zero-order valence-electron chi connectivity index (χ0n) is 7.95. The molecule has 0 aliphatic rings. The van der Waals surface area contributed by atoms with E-state index in [4.69, 9.17) is 0 Å². The molecule has 3 heteroatoms. The van der Waals surface area contributed by atoms with Crippen LogP contribution in [0.15, 0.2) is 24.5 Å². The van der Waals surface area contributed by atoms with Crippen molar-refractivity contribution >= 4 is 5.91 Å². The van der Waals surface area contributed by atoms with Gasteiger partial charge in [-0.1, -0.05) is 0 Å². The van der Waals surface area contributed by atoms with Gasteiger partial charge in [0.2, 0.25) is 5.91 Å². The Morgan fingerprint density at radius 1 is 1.54 bits per heavy atom. The van der Waals surface area contributed by atoms with Gasteiger partial charge in [-0.25, -0.2) is 0 Å². The molecular formula is C10H14N2O. The smallest absolute Gasteiger partial charge is 0.217 e. The minimum atomic E-state index is 0.0153. The lowest BCUT2D eigenvalue weighted by atomic mass is 10.1. The van der Waals surface area contributed by atoms with Crippen LogP contribution in [-0.4, -0.2) is 16.9 Å². The maximum atomic E-state index is 10.7. The first-order valence-corrected chi connectivity index (χ1v) is 4.34. The molecule has 1 unspecified atom stereocenters. The van der Waals surface area contributed by atoms with Gasteiger partial charge in [0.05, 0.1) is 0 Å². The normalized spacial score (nSPS) is 12.2. The van der Waals surface area contributed by atoms with Crippen molar-refractivity contribution in [1.82, 2.24) is 10.3 Å². The van der Waals surface area contributed by atoms with Crippen LogP contribution < -0.4 is 5.32 Å². The SMILES string of the molecule is CC(=O)NC(C)Cc1ccncc1. The van der Waals surface area contributed by atoms with Gasteiger partial charge in [0.15, 0.2) is 0 Å². The van der Waals surface area contributed by atoms with Gasteiger partial charge in [-0.15, -0.1) is 0 Å². The van der Waals surface area contributed by atoms with Gasteiger partial charge in [-0.05, 0) is 31.0 Å². The molecular weight excluding hydrogens is 164 g/mol. The molecule has 0 spiro atoms. The number of carbonyl (C=O) groups excluding carboxylic acids is 1. The number of carbonyl (C=O) groups is 1. The van der Waals surface area contributed by atoms with Crippen LogP contribution in [0, 0.1) is 0 Å². The van der Waals surface area contributed by atoms with Gasteiger partial charge in [-0.2, -0.15) is 0 Å². The van der Waals surface area contributed by atoms with E-state index in [9.17, 15) is 4.79 Å². The highest BCUT2D eigenvalue weighted by molar-refractivity contribution is 5.73. The molecule has 1 heterocycles. The minimum Gasteiger partial charge on any atom is -0.354 e. The lowest BCUT2D eigenvalue weighted by molar-refractivity contribution is -0.119. The molecule has 1 aromatic rings. The summed E-state index contributed by atoms with van der Waals surface area (Å²) in [4.78, 5) is 14.6. The Hall–Kier alpha value is -1.38. The van der Waals surface area contributed by atoms with E-state index in [1.165, 1.54) is 12.5 Å². The molecule has 1 atom stereocenters. The van der Waals surface area contributed by atoms with Gasteiger partial charge in [0, 0.05) is 25.4 Å². The fourth-order valence-corrected chi connectivity index (χ4v) is 1.27. The van der Waals surface area contributed by atoms with Crippen LogP contribution in [0.2, 0.25) is 0 Å². The Balaban J connectivity index is 2.45. The molecule has 70 valence electrons. The Bertz CT molecular complexity index is 272. The second-order valence-corrected chi connectivity index (χ2v) is 3.16. The third-order valence-corrected chi connectivity index (χ3v) is 1.74. The van der Waals surface area contributed by atoms with Crippen molar-refractivity contribution in [3.05, 3.63) is 30.1 Å². The zero-order chi connectivity index (χ0) is 9.68. The van der Waals surface area contributed by atoms with E-state index in [0.29, 0.717) is 0 Å². The van der Waals surface area contributed by atoms with E-state index in [0.717, 1.165) is 6.42 Å². The molecule has 0 fully saturated rings. The maximum Gasteiger partial charge on any atom is 0.217 e. The van der Waals surface area contributed by atoms with E-state index in [-0.39, 0.29) is 11.9 Å². The summed E-state index contributed by atoms with van der Waals surface area (Å²) in [7, 11) is 0. The Morgan fingerprint density at radius 3 is 2.69 bits per heavy atom. The standard InChI is InChI=1S/C10H14N2O/c1-8(12-9(2)13)7-10-3-5-11-6-4-10/h3-6,8H,7H2,1-2H3,(H,12,13). The second-order valence-electron chi connectivity index (χ2n) is 3.16. The summed E-state index contributed by atoms with van der Waals surface area (Å²) in [6, 6.07) is 4.09. The number of hydrogen-bond donors (Lipinski definition) is 1. The lowest BCUT2D eigenvalue weighted by Crippen LogP contribution is -2.31. The average Bonchev–Trinajstić information content (AvgIpc) is 2.04. The van der Waals surface area contributed by atoms with E-state index in [1.807, 2.05) is 19.1 Å². The van der Waals surface area contributed by atoms with Gasteiger partial charge in [0.25, 0.3) is 0 Å². The number of amides is 1. The highest BCUT2D eigenvalue weighted by Gasteiger charge is 2.03. The molecule has 0 saturated heterocycles. The van der Waals surface area contributed by atoms with Crippen molar-refractivity contribution in [1.29, 1.82) is 0 Å². The molecule has 0 saturated carbocycles. The molecule has 1 rings (SSSR count). The molecule has 0 aliphatic carbocycles. The van der Waals surface area contributed by atoms with Crippen LogP contribution in [-0.2, 0) is 11.2 Å². The fourth-order valence-electron chi connectivity index (χ4n) is 1.27. The predicted molar refractivity (Wildman–Crippen MR) is 51.2 cm³/mol. The van der Waals surface area contributed by atoms with Gasteiger partial charge < -0.3 is 5.32 Å². The summed E-state index contributed by atoms with van der Waals surface area (Å²) in [6.45, 7) is 3.52. The Kier molecular flexibility index (Phi) is 3.43. The summed E-state index contributed by atoms with van der Waals surface area (Å²) >= 11 is 0. The average molecular weight is 178 g/mol. The summed E-state index contributed by atoms with van der Waals surface area (Å²) in [6.07, 6.45) is 4.37. The van der Waals surface area contributed by atoms with Gasteiger partial charge in [-0.3, -0.25) is 9.78 Å². The van der Waals surface area contributed by atoms with Crippen LogP contribution in [0.3, 0.4) is 0 Å². The van der Waals surface area contributed by atoms with Gasteiger partial charge >= 0.3 is 0 Å². The van der Waals surface area contributed by atoms with Crippen molar-refractivity contribution in [3.63, 3.8) is 0 Å². The topological polar surface area (TPSA) is 42.0 Å². The molecule has 0 aliphatic heterocycles. The molecule has 3 nitrogen and oxygen atoms in total. The molecule has 1 amide bonds. The van der Waals surface area contributed by atoms with Crippen LogP contribution in [0.1, 0.15) is 19.4 Å². The summed E-state index contributed by atoms with van der Waals surface area (Å²) < 4.78 is 0. The first-order chi connectivity index (χ1) is 6.18. The van der Waals surface area contributed by atoms with Crippen molar-refractivity contribution in [2.45, 2.75) is 26.3 Å². The van der Waals surface area contributed by atoms with Crippen LogP contribution in [0.4, 0.5) is 0 Å². The number of aromatic nitrogens is 1. The second kappa shape index (κ2) is 4.60. The third kappa shape index (κ3) is 3.69. The fraction of sp³-hybridized carbons (Fsp3) is 0.400. The number of nitrogens with zero attached hydrogens (tertiary/aromatic N) is 1. The maximum absolute atomic E-state index is 10.7. The summed E-state index contributed by atoms with van der Waals surface area (Å²) in [5.74, 6) is 0.0153. The molecule has 1 aromatic heterocycles. The summed E-state index contributed by atoms with van der Waals surface area (Å²) in [5.41, 5.74) is 1.19. The number of pyridine rings is 1. The van der Waals surface area contributed by atoms with Crippen LogP contribution >= 0.6 is 0 Å². The van der Waals surface area contributed by atoms with Crippen LogP contribution in [0.25, 0.3) is 0 Å². The van der Waals surface area contributed by atoms with Crippen molar-refractivity contribution in [2.75, 3.05) is 0 Å². The quantitative estimate of drug-likeness (QED) is 0.754. The predicted octanol–water partition coefficient (Wildman–Crippen LogP) is 1.15. The number of nitrogens with one attached hydrogen (secondary N) is 1. The van der Waals surface area contributed by atoms with E-state index in [2.05, 4.69) is 10.3 Å². The molecule has 1 N–H and O–H groups in total. The molecule has 0 radical (unpaired) electrons. The first-order valence-electron chi connectivity index (χ1n) is 4.34.